The maximum atomic E-state index is 12.6. The van der Waals surface area contributed by atoms with E-state index in [0.717, 1.165) is 15.6 Å². The van der Waals surface area contributed by atoms with E-state index in [0.29, 0.717) is 29.4 Å². The SMILES string of the molecule is Cc1ccc(COc2ccc3c(c2)OC(=Cc2ccccc2Br)C3=O)cc1. The summed E-state index contributed by atoms with van der Waals surface area (Å²) in [5, 5.41) is 0. The summed E-state index contributed by atoms with van der Waals surface area (Å²) in [6.07, 6.45) is 1.75. The van der Waals surface area contributed by atoms with Crippen molar-refractivity contribution < 1.29 is 14.3 Å². The number of ether oxygens (including phenoxy) is 2. The predicted octanol–water partition coefficient (Wildman–Crippen LogP) is 5.95. The third-order valence-corrected chi connectivity index (χ3v) is 5.08. The van der Waals surface area contributed by atoms with Crippen molar-refractivity contribution >= 4 is 27.8 Å². The highest BCUT2D eigenvalue weighted by Crippen LogP contribution is 2.35. The number of hydrogen-bond donors (Lipinski definition) is 0. The summed E-state index contributed by atoms with van der Waals surface area (Å²) in [6, 6.07) is 21.2. The lowest BCUT2D eigenvalue weighted by Crippen LogP contribution is -1.98. The molecular formula is C23H17BrO3. The normalized spacial score (nSPS) is 14.1. The minimum Gasteiger partial charge on any atom is -0.489 e. The van der Waals surface area contributed by atoms with Crippen molar-refractivity contribution in [3.05, 3.63) is 99.2 Å². The number of fused-ring (bicyclic) bond motifs is 1. The van der Waals surface area contributed by atoms with Gasteiger partial charge in [-0.2, -0.15) is 0 Å². The molecule has 27 heavy (non-hydrogen) atoms. The van der Waals surface area contributed by atoms with Gasteiger partial charge in [-0.3, -0.25) is 4.79 Å². The van der Waals surface area contributed by atoms with Gasteiger partial charge in [0.25, 0.3) is 0 Å². The van der Waals surface area contributed by atoms with E-state index < -0.39 is 0 Å². The third kappa shape index (κ3) is 3.81. The molecule has 0 N–H and O–H groups in total. The largest absolute Gasteiger partial charge is 0.489 e. The summed E-state index contributed by atoms with van der Waals surface area (Å²) in [5.41, 5.74) is 3.75. The molecule has 0 atom stereocenters. The summed E-state index contributed by atoms with van der Waals surface area (Å²) in [6.45, 7) is 2.52. The molecule has 0 bridgehead atoms. The monoisotopic (exact) mass is 420 g/mol. The van der Waals surface area contributed by atoms with Crippen LogP contribution in [-0.4, -0.2) is 5.78 Å². The first kappa shape index (κ1) is 17.6. The average Bonchev–Trinajstić information content (AvgIpc) is 2.98. The molecule has 0 unspecified atom stereocenters. The van der Waals surface area contributed by atoms with Gasteiger partial charge in [0.2, 0.25) is 5.78 Å². The molecule has 134 valence electrons. The molecule has 0 aromatic heterocycles. The Hall–Kier alpha value is -2.85. The van der Waals surface area contributed by atoms with Crippen LogP contribution in [0.3, 0.4) is 0 Å². The van der Waals surface area contributed by atoms with Crippen LogP contribution in [0, 0.1) is 6.92 Å². The van der Waals surface area contributed by atoms with Crippen molar-refractivity contribution in [3.63, 3.8) is 0 Å². The molecule has 0 spiro atoms. The van der Waals surface area contributed by atoms with Gasteiger partial charge in [-0.25, -0.2) is 0 Å². The van der Waals surface area contributed by atoms with Crippen LogP contribution in [0.1, 0.15) is 27.0 Å². The molecule has 3 aromatic rings. The number of aryl methyl sites for hydroxylation is 1. The van der Waals surface area contributed by atoms with E-state index in [-0.39, 0.29) is 5.78 Å². The van der Waals surface area contributed by atoms with E-state index in [1.165, 1.54) is 5.56 Å². The van der Waals surface area contributed by atoms with Gasteiger partial charge in [0, 0.05) is 10.5 Å². The van der Waals surface area contributed by atoms with Gasteiger partial charge in [0.05, 0.1) is 5.56 Å². The average molecular weight is 421 g/mol. The van der Waals surface area contributed by atoms with Crippen molar-refractivity contribution in [1.82, 2.24) is 0 Å². The van der Waals surface area contributed by atoms with Gasteiger partial charge in [-0.05, 0) is 42.3 Å². The second kappa shape index (κ2) is 7.41. The van der Waals surface area contributed by atoms with Crippen LogP contribution in [0.15, 0.2) is 77.0 Å². The number of Topliss-reactive ketones (excluding diaryl/α,β-unsaturated/α-hetero) is 1. The third-order valence-electron chi connectivity index (χ3n) is 4.36. The molecule has 0 amide bonds. The highest BCUT2D eigenvalue weighted by atomic mass is 79.9. The zero-order valence-electron chi connectivity index (χ0n) is 14.7. The maximum Gasteiger partial charge on any atom is 0.231 e. The molecule has 4 rings (SSSR count). The van der Waals surface area contributed by atoms with Crippen LogP contribution in [-0.2, 0) is 6.61 Å². The van der Waals surface area contributed by atoms with E-state index in [4.69, 9.17) is 9.47 Å². The van der Waals surface area contributed by atoms with Crippen LogP contribution in [0.4, 0.5) is 0 Å². The highest BCUT2D eigenvalue weighted by Gasteiger charge is 2.27. The minimum atomic E-state index is -0.120. The molecule has 0 saturated heterocycles. The molecule has 0 radical (unpaired) electrons. The second-order valence-corrected chi connectivity index (χ2v) is 7.25. The quantitative estimate of drug-likeness (QED) is 0.488. The molecule has 3 nitrogen and oxygen atoms in total. The van der Waals surface area contributed by atoms with Crippen molar-refractivity contribution in [2.24, 2.45) is 0 Å². The van der Waals surface area contributed by atoms with Gasteiger partial charge < -0.3 is 9.47 Å². The number of hydrogen-bond acceptors (Lipinski definition) is 3. The maximum absolute atomic E-state index is 12.6. The second-order valence-electron chi connectivity index (χ2n) is 6.39. The fraction of sp³-hybridized carbons (Fsp3) is 0.0870. The number of benzene rings is 3. The van der Waals surface area contributed by atoms with Gasteiger partial charge in [0.1, 0.15) is 18.1 Å². The molecule has 0 fully saturated rings. The minimum absolute atomic E-state index is 0.120. The number of halogens is 1. The van der Waals surface area contributed by atoms with Crippen LogP contribution < -0.4 is 9.47 Å². The number of rotatable bonds is 4. The standard InChI is InChI=1S/C23H17BrO3/c1-15-6-8-16(9-7-15)14-26-18-10-11-19-21(13-18)27-22(23(19)25)12-17-4-2-3-5-20(17)24/h2-13H,14H2,1H3. The molecular weight excluding hydrogens is 404 g/mol. The molecule has 1 heterocycles. The summed E-state index contributed by atoms with van der Waals surface area (Å²) < 4.78 is 12.6. The molecule has 4 heteroatoms. The Balaban J connectivity index is 1.52. The van der Waals surface area contributed by atoms with Crippen LogP contribution in [0.2, 0.25) is 0 Å². The lowest BCUT2D eigenvalue weighted by molar-refractivity contribution is 0.101. The Morgan fingerprint density at radius 2 is 1.81 bits per heavy atom. The van der Waals surface area contributed by atoms with E-state index >= 15 is 0 Å². The van der Waals surface area contributed by atoms with Crippen LogP contribution >= 0.6 is 15.9 Å². The Bertz CT molecular complexity index is 1040. The summed E-state index contributed by atoms with van der Waals surface area (Å²) in [5.74, 6) is 1.39. The van der Waals surface area contributed by atoms with Crippen molar-refractivity contribution in [2.45, 2.75) is 13.5 Å². The van der Waals surface area contributed by atoms with Crippen molar-refractivity contribution in [2.75, 3.05) is 0 Å². The predicted molar refractivity (Wildman–Crippen MR) is 109 cm³/mol. The number of allylic oxidation sites excluding steroid dienone is 1. The van der Waals surface area contributed by atoms with E-state index in [1.54, 1.807) is 24.3 Å². The first-order chi connectivity index (χ1) is 13.1. The molecule has 1 aliphatic rings. The summed E-state index contributed by atoms with van der Waals surface area (Å²) >= 11 is 3.49. The van der Waals surface area contributed by atoms with E-state index in [9.17, 15) is 4.79 Å². The summed E-state index contributed by atoms with van der Waals surface area (Å²) in [4.78, 5) is 12.6. The van der Waals surface area contributed by atoms with Crippen LogP contribution in [0.5, 0.6) is 11.5 Å². The number of carbonyl (C=O) groups is 1. The first-order valence-corrected chi connectivity index (χ1v) is 9.40. The van der Waals surface area contributed by atoms with Gasteiger partial charge in [0.15, 0.2) is 5.76 Å². The van der Waals surface area contributed by atoms with E-state index in [1.807, 2.05) is 36.4 Å². The van der Waals surface area contributed by atoms with Crippen molar-refractivity contribution in [1.29, 1.82) is 0 Å². The Kier molecular flexibility index (Phi) is 4.82. The Morgan fingerprint density at radius 1 is 1.04 bits per heavy atom. The Labute approximate surface area is 166 Å². The fourth-order valence-corrected chi connectivity index (χ4v) is 3.24. The lowest BCUT2D eigenvalue weighted by atomic mass is 10.1. The zero-order valence-corrected chi connectivity index (χ0v) is 16.3. The highest BCUT2D eigenvalue weighted by molar-refractivity contribution is 9.10. The molecule has 0 aliphatic carbocycles. The molecule has 0 saturated carbocycles. The first-order valence-electron chi connectivity index (χ1n) is 8.61. The van der Waals surface area contributed by atoms with E-state index in [2.05, 4.69) is 35.0 Å². The zero-order chi connectivity index (χ0) is 18.8. The molecule has 1 aliphatic heterocycles. The number of carbonyl (C=O) groups excluding carboxylic acids is 1. The Morgan fingerprint density at radius 3 is 2.59 bits per heavy atom. The topological polar surface area (TPSA) is 35.5 Å². The number of ketones is 1. The lowest BCUT2D eigenvalue weighted by Gasteiger charge is -2.07. The smallest absolute Gasteiger partial charge is 0.231 e. The van der Waals surface area contributed by atoms with Crippen LogP contribution in [0.25, 0.3) is 6.08 Å². The van der Waals surface area contributed by atoms with Gasteiger partial charge in [-0.15, -0.1) is 0 Å². The van der Waals surface area contributed by atoms with Gasteiger partial charge >= 0.3 is 0 Å². The fourth-order valence-electron chi connectivity index (χ4n) is 2.84. The van der Waals surface area contributed by atoms with Crippen molar-refractivity contribution in [3.8, 4) is 11.5 Å². The van der Waals surface area contributed by atoms with Gasteiger partial charge in [-0.1, -0.05) is 64.0 Å². The summed E-state index contributed by atoms with van der Waals surface area (Å²) in [7, 11) is 0. The molecule has 3 aromatic carbocycles.